The van der Waals surface area contributed by atoms with Crippen molar-refractivity contribution in [2.45, 2.75) is 6.42 Å². The van der Waals surface area contributed by atoms with E-state index in [9.17, 15) is 9.59 Å². The molecule has 0 atom stereocenters. The fourth-order valence-corrected chi connectivity index (χ4v) is 3.68. The molecule has 0 saturated heterocycles. The highest BCUT2D eigenvalue weighted by Crippen LogP contribution is 2.24. The lowest BCUT2D eigenvalue weighted by Gasteiger charge is -2.19. The van der Waals surface area contributed by atoms with Gasteiger partial charge in [-0.05, 0) is 59.3 Å². The minimum atomic E-state index is -0.251. The molecule has 0 heterocycles. The van der Waals surface area contributed by atoms with Gasteiger partial charge in [0.2, 0.25) is 5.91 Å². The Bertz CT molecular complexity index is 1300. The Morgan fingerprint density at radius 1 is 0.824 bits per heavy atom. The number of carbonyl (C=O) groups is 2. The Morgan fingerprint density at radius 2 is 1.53 bits per heavy atom. The summed E-state index contributed by atoms with van der Waals surface area (Å²) in [6.07, 6.45) is 0.347. The lowest BCUT2D eigenvalue weighted by molar-refractivity contribution is -0.116. The Hall–Kier alpha value is -4.32. The smallest absolute Gasteiger partial charge is 0.255 e. The minimum absolute atomic E-state index is 0.0844. The fraction of sp³-hybridized carbons (Fsp3) is 0.143. The molecule has 4 aromatic carbocycles. The molecular weight excluding hydrogens is 426 g/mol. The second kappa shape index (κ2) is 10.5. The number of carbonyl (C=O) groups excluding carboxylic acids is 2. The first-order valence-electron chi connectivity index (χ1n) is 11.1. The summed E-state index contributed by atoms with van der Waals surface area (Å²) in [5, 5.41) is 8.10. The summed E-state index contributed by atoms with van der Waals surface area (Å²) >= 11 is 0. The average molecular weight is 454 g/mol. The van der Waals surface area contributed by atoms with Gasteiger partial charge in [-0.15, -0.1) is 0 Å². The van der Waals surface area contributed by atoms with E-state index < -0.39 is 0 Å². The molecular formula is C28H27N3O3. The number of methoxy groups -OCH3 is 1. The van der Waals surface area contributed by atoms with E-state index in [4.69, 9.17) is 4.74 Å². The van der Waals surface area contributed by atoms with E-state index in [1.54, 1.807) is 43.5 Å². The zero-order valence-electron chi connectivity index (χ0n) is 19.2. The number of hydrogen-bond acceptors (Lipinski definition) is 4. The van der Waals surface area contributed by atoms with Crippen LogP contribution in [-0.4, -0.2) is 32.5 Å². The van der Waals surface area contributed by atoms with Gasteiger partial charge in [0.25, 0.3) is 5.91 Å². The predicted molar refractivity (Wildman–Crippen MR) is 138 cm³/mol. The molecule has 4 rings (SSSR count). The molecule has 0 aromatic heterocycles. The third-order valence-corrected chi connectivity index (χ3v) is 5.63. The number of nitrogens with one attached hydrogen (secondary N) is 2. The van der Waals surface area contributed by atoms with Gasteiger partial charge >= 0.3 is 0 Å². The van der Waals surface area contributed by atoms with Crippen LogP contribution >= 0.6 is 0 Å². The van der Waals surface area contributed by atoms with Crippen LogP contribution in [0.4, 0.5) is 17.1 Å². The second-order valence-corrected chi connectivity index (χ2v) is 7.98. The standard InChI is InChI=1S/C28H27N3O3/c1-31(24-16-13-20-7-3-4-8-22(20)19-24)18-17-27(32)29-23-14-11-21(12-15-23)28(33)30-25-9-5-6-10-26(25)34-2/h3-16,19H,17-18H2,1-2H3,(H,29,32)(H,30,33). The van der Waals surface area contributed by atoms with Crippen LogP contribution in [0.1, 0.15) is 16.8 Å². The number of nitrogens with zero attached hydrogens (tertiary/aromatic N) is 1. The summed E-state index contributed by atoms with van der Waals surface area (Å²) in [5.41, 5.74) is 2.80. The van der Waals surface area contributed by atoms with Crippen LogP contribution in [0.15, 0.2) is 91.0 Å². The molecule has 0 radical (unpaired) electrons. The second-order valence-electron chi connectivity index (χ2n) is 7.98. The quantitative estimate of drug-likeness (QED) is 0.366. The molecule has 0 bridgehead atoms. The summed E-state index contributed by atoms with van der Waals surface area (Å²) in [4.78, 5) is 27.1. The molecule has 0 unspecified atom stereocenters. The normalized spacial score (nSPS) is 10.5. The highest BCUT2D eigenvalue weighted by atomic mass is 16.5. The maximum atomic E-state index is 12.6. The van der Waals surface area contributed by atoms with Gasteiger partial charge in [0, 0.05) is 37.0 Å². The lowest BCUT2D eigenvalue weighted by Crippen LogP contribution is -2.23. The van der Waals surface area contributed by atoms with Crippen LogP contribution in [-0.2, 0) is 4.79 Å². The molecule has 0 saturated carbocycles. The fourth-order valence-electron chi connectivity index (χ4n) is 3.68. The number of para-hydroxylation sites is 2. The molecule has 0 aliphatic carbocycles. The molecule has 4 aromatic rings. The van der Waals surface area contributed by atoms with E-state index in [-0.39, 0.29) is 11.8 Å². The van der Waals surface area contributed by atoms with Gasteiger partial charge in [0.05, 0.1) is 12.8 Å². The molecule has 6 heteroatoms. The maximum absolute atomic E-state index is 12.6. The average Bonchev–Trinajstić information content (AvgIpc) is 2.87. The Balaban J connectivity index is 1.30. The number of amides is 2. The van der Waals surface area contributed by atoms with Crippen molar-refractivity contribution in [2.24, 2.45) is 0 Å². The van der Waals surface area contributed by atoms with E-state index in [0.717, 1.165) is 5.69 Å². The van der Waals surface area contributed by atoms with Crippen molar-refractivity contribution >= 4 is 39.6 Å². The Morgan fingerprint density at radius 3 is 2.29 bits per heavy atom. The zero-order valence-corrected chi connectivity index (χ0v) is 19.2. The van der Waals surface area contributed by atoms with Crippen molar-refractivity contribution in [3.05, 3.63) is 96.6 Å². The summed E-state index contributed by atoms with van der Waals surface area (Å²) in [5.74, 6) is 0.256. The third kappa shape index (κ3) is 5.53. The number of hydrogen-bond donors (Lipinski definition) is 2. The van der Waals surface area contributed by atoms with E-state index in [0.29, 0.717) is 35.7 Å². The number of fused-ring (bicyclic) bond motifs is 1. The van der Waals surface area contributed by atoms with Crippen LogP contribution in [0.2, 0.25) is 0 Å². The van der Waals surface area contributed by atoms with Crippen LogP contribution < -0.4 is 20.3 Å². The topological polar surface area (TPSA) is 70.7 Å². The molecule has 0 aliphatic heterocycles. The molecule has 0 spiro atoms. The molecule has 6 nitrogen and oxygen atoms in total. The minimum Gasteiger partial charge on any atom is -0.495 e. The summed E-state index contributed by atoms with van der Waals surface area (Å²) in [7, 11) is 3.54. The molecule has 0 fully saturated rings. The van der Waals surface area contributed by atoms with Crippen LogP contribution in [0.5, 0.6) is 5.75 Å². The molecule has 0 aliphatic rings. The van der Waals surface area contributed by atoms with Crippen molar-refractivity contribution in [2.75, 3.05) is 36.2 Å². The van der Waals surface area contributed by atoms with Crippen LogP contribution in [0.25, 0.3) is 10.8 Å². The summed E-state index contributed by atoms with van der Waals surface area (Å²) in [6.45, 7) is 0.587. The summed E-state index contributed by atoms with van der Waals surface area (Å²) in [6, 6.07) is 28.5. The largest absolute Gasteiger partial charge is 0.495 e. The van der Waals surface area contributed by atoms with Crippen molar-refractivity contribution in [3.63, 3.8) is 0 Å². The van der Waals surface area contributed by atoms with Crippen molar-refractivity contribution in [3.8, 4) is 5.75 Å². The SMILES string of the molecule is COc1ccccc1NC(=O)c1ccc(NC(=O)CCN(C)c2ccc3ccccc3c2)cc1. The zero-order chi connectivity index (χ0) is 23.9. The number of anilines is 3. The van der Waals surface area contributed by atoms with Gasteiger partial charge in [-0.3, -0.25) is 9.59 Å². The summed E-state index contributed by atoms with van der Waals surface area (Å²) < 4.78 is 5.27. The first-order chi connectivity index (χ1) is 16.5. The van der Waals surface area contributed by atoms with E-state index in [1.807, 2.05) is 31.3 Å². The van der Waals surface area contributed by atoms with E-state index >= 15 is 0 Å². The highest BCUT2D eigenvalue weighted by Gasteiger charge is 2.11. The van der Waals surface area contributed by atoms with Crippen molar-refractivity contribution in [1.29, 1.82) is 0 Å². The van der Waals surface area contributed by atoms with Gasteiger partial charge in [0.15, 0.2) is 0 Å². The highest BCUT2D eigenvalue weighted by molar-refractivity contribution is 6.05. The lowest BCUT2D eigenvalue weighted by atomic mass is 10.1. The van der Waals surface area contributed by atoms with E-state index in [2.05, 4.69) is 45.9 Å². The Labute approximate surface area is 199 Å². The van der Waals surface area contributed by atoms with Crippen molar-refractivity contribution < 1.29 is 14.3 Å². The van der Waals surface area contributed by atoms with Gasteiger partial charge in [-0.1, -0.05) is 42.5 Å². The molecule has 34 heavy (non-hydrogen) atoms. The molecule has 172 valence electrons. The van der Waals surface area contributed by atoms with Gasteiger partial charge in [0.1, 0.15) is 5.75 Å². The first kappa shape index (κ1) is 22.9. The maximum Gasteiger partial charge on any atom is 0.255 e. The number of rotatable bonds is 8. The Kier molecular flexibility index (Phi) is 7.08. The van der Waals surface area contributed by atoms with Gasteiger partial charge < -0.3 is 20.3 Å². The van der Waals surface area contributed by atoms with Crippen molar-refractivity contribution in [1.82, 2.24) is 0 Å². The first-order valence-corrected chi connectivity index (χ1v) is 11.1. The number of ether oxygens (including phenoxy) is 1. The molecule has 2 N–H and O–H groups in total. The van der Waals surface area contributed by atoms with Crippen LogP contribution in [0, 0.1) is 0 Å². The third-order valence-electron chi connectivity index (χ3n) is 5.63. The predicted octanol–water partition coefficient (Wildman–Crippen LogP) is 5.57. The molecule has 2 amide bonds. The number of benzene rings is 4. The monoisotopic (exact) mass is 453 g/mol. The van der Waals surface area contributed by atoms with Gasteiger partial charge in [-0.2, -0.15) is 0 Å². The van der Waals surface area contributed by atoms with E-state index in [1.165, 1.54) is 10.8 Å². The van der Waals surface area contributed by atoms with Gasteiger partial charge in [-0.25, -0.2) is 0 Å². The van der Waals surface area contributed by atoms with Crippen LogP contribution in [0.3, 0.4) is 0 Å².